The summed E-state index contributed by atoms with van der Waals surface area (Å²) < 4.78 is 0. The number of urea groups is 1. The Morgan fingerprint density at radius 1 is 1.28 bits per heavy atom. The minimum atomic E-state index is -0.506. The van der Waals surface area contributed by atoms with E-state index in [2.05, 4.69) is 16.0 Å². The molecule has 0 bridgehead atoms. The summed E-state index contributed by atoms with van der Waals surface area (Å²) in [6, 6.07) is -0.980. The van der Waals surface area contributed by atoms with E-state index in [0.29, 0.717) is 19.5 Å². The molecule has 4 amide bonds. The fourth-order valence-electron chi connectivity index (χ4n) is 1.22. The summed E-state index contributed by atoms with van der Waals surface area (Å²) in [7, 11) is 3.29. The first-order valence-electron chi connectivity index (χ1n) is 5.91. The van der Waals surface area contributed by atoms with Crippen LogP contribution in [0, 0.1) is 0 Å². The van der Waals surface area contributed by atoms with Crippen molar-refractivity contribution in [3.8, 4) is 0 Å². The van der Waals surface area contributed by atoms with Crippen LogP contribution in [-0.2, 0) is 9.59 Å². The number of likely N-dealkylation sites (N-methyl/N-ethyl adjacent to an activating group) is 1. The van der Waals surface area contributed by atoms with Gasteiger partial charge in [0.15, 0.2) is 0 Å². The first kappa shape index (κ1) is 16.4. The highest BCUT2D eigenvalue weighted by Gasteiger charge is 2.19. The van der Waals surface area contributed by atoms with Crippen LogP contribution in [0.3, 0.4) is 0 Å². The van der Waals surface area contributed by atoms with E-state index in [1.165, 1.54) is 0 Å². The third-order valence-corrected chi connectivity index (χ3v) is 2.59. The largest absolute Gasteiger partial charge is 0.359 e. The van der Waals surface area contributed by atoms with E-state index in [0.717, 1.165) is 0 Å². The van der Waals surface area contributed by atoms with Crippen molar-refractivity contribution in [2.24, 2.45) is 0 Å². The molecule has 3 N–H and O–H groups in total. The van der Waals surface area contributed by atoms with Crippen LogP contribution in [0.4, 0.5) is 4.79 Å². The molecule has 0 fully saturated rings. The predicted octanol–water partition coefficient (Wildman–Crippen LogP) is -0.711. The standard InChI is InChI=1S/C11H22N4O3/c1-5-13-11(18)14-10(17)8(2)15(4)7-6-9(16)12-3/h8H,5-7H2,1-4H3,(H,12,16)(H2,13,14,17,18). The summed E-state index contributed by atoms with van der Waals surface area (Å²) in [5.41, 5.74) is 0. The Morgan fingerprint density at radius 2 is 1.89 bits per heavy atom. The Hall–Kier alpha value is -1.63. The van der Waals surface area contributed by atoms with Gasteiger partial charge >= 0.3 is 6.03 Å². The van der Waals surface area contributed by atoms with Gasteiger partial charge in [0.1, 0.15) is 0 Å². The minimum absolute atomic E-state index is 0.0850. The summed E-state index contributed by atoms with van der Waals surface area (Å²) in [5.74, 6) is -0.474. The van der Waals surface area contributed by atoms with Gasteiger partial charge in [0.25, 0.3) is 0 Å². The van der Waals surface area contributed by atoms with Crippen molar-refractivity contribution in [3.63, 3.8) is 0 Å². The number of rotatable bonds is 6. The van der Waals surface area contributed by atoms with Gasteiger partial charge in [-0.2, -0.15) is 0 Å². The van der Waals surface area contributed by atoms with E-state index in [1.54, 1.807) is 32.8 Å². The van der Waals surface area contributed by atoms with E-state index in [9.17, 15) is 14.4 Å². The van der Waals surface area contributed by atoms with Crippen molar-refractivity contribution in [1.82, 2.24) is 20.9 Å². The number of nitrogens with one attached hydrogen (secondary N) is 3. The lowest BCUT2D eigenvalue weighted by Crippen LogP contribution is -2.49. The van der Waals surface area contributed by atoms with Gasteiger partial charge in [-0.3, -0.25) is 19.8 Å². The molecule has 0 saturated carbocycles. The predicted molar refractivity (Wildman–Crippen MR) is 68.0 cm³/mol. The monoisotopic (exact) mass is 258 g/mol. The Labute approximate surface area is 107 Å². The highest BCUT2D eigenvalue weighted by Crippen LogP contribution is 1.97. The summed E-state index contributed by atoms with van der Waals surface area (Å²) in [4.78, 5) is 35.6. The zero-order chi connectivity index (χ0) is 14.1. The molecular formula is C11H22N4O3. The first-order valence-corrected chi connectivity index (χ1v) is 5.91. The van der Waals surface area contributed by atoms with E-state index < -0.39 is 12.1 Å². The van der Waals surface area contributed by atoms with Gasteiger partial charge in [-0.1, -0.05) is 0 Å². The number of carbonyl (C=O) groups is 3. The molecule has 0 heterocycles. The maximum absolute atomic E-state index is 11.7. The van der Waals surface area contributed by atoms with Crippen molar-refractivity contribution in [3.05, 3.63) is 0 Å². The summed E-state index contributed by atoms with van der Waals surface area (Å²) in [5, 5.41) is 7.22. The molecule has 0 aliphatic rings. The molecule has 0 aromatic carbocycles. The van der Waals surface area contributed by atoms with Crippen molar-refractivity contribution in [1.29, 1.82) is 0 Å². The van der Waals surface area contributed by atoms with Crippen LogP contribution in [0.5, 0.6) is 0 Å². The minimum Gasteiger partial charge on any atom is -0.359 e. The summed E-state index contributed by atoms with van der Waals surface area (Å²) >= 11 is 0. The quantitative estimate of drug-likeness (QED) is 0.587. The third-order valence-electron chi connectivity index (χ3n) is 2.59. The van der Waals surface area contributed by atoms with Gasteiger partial charge in [-0.25, -0.2) is 4.79 Å². The lowest BCUT2D eigenvalue weighted by atomic mass is 10.2. The Kier molecular flexibility index (Phi) is 7.69. The molecule has 0 saturated heterocycles. The Morgan fingerprint density at radius 3 is 2.39 bits per heavy atom. The van der Waals surface area contributed by atoms with Crippen LogP contribution in [0.25, 0.3) is 0 Å². The second kappa shape index (κ2) is 8.46. The molecule has 1 atom stereocenters. The molecule has 0 aliphatic heterocycles. The van der Waals surface area contributed by atoms with Gasteiger partial charge in [0.2, 0.25) is 11.8 Å². The number of carbonyl (C=O) groups excluding carboxylic acids is 3. The molecule has 0 radical (unpaired) electrons. The van der Waals surface area contributed by atoms with Gasteiger partial charge in [-0.15, -0.1) is 0 Å². The van der Waals surface area contributed by atoms with Gasteiger partial charge in [-0.05, 0) is 20.9 Å². The number of amides is 4. The molecule has 0 aliphatic carbocycles. The van der Waals surface area contributed by atoms with Crippen LogP contribution in [0.2, 0.25) is 0 Å². The average molecular weight is 258 g/mol. The van der Waals surface area contributed by atoms with Crippen molar-refractivity contribution >= 4 is 17.8 Å². The molecule has 0 spiro atoms. The Bertz CT molecular complexity index is 307. The second-order valence-electron chi connectivity index (χ2n) is 3.93. The summed E-state index contributed by atoms with van der Waals surface area (Å²) in [6.07, 6.45) is 0.311. The van der Waals surface area contributed by atoms with Crippen molar-refractivity contribution in [2.45, 2.75) is 26.3 Å². The fraction of sp³-hybridized carbons (Fsp3) is 0.727. The lowest BCUT2D eigenvalue weighted by molar-refractivity contribution is -0.126. The molecule has 104 valence electrons. The molecular weight excluding hydrogens is 236 g/mol. The van der Waals surface area contributed by atoms with Crippen LogP contribution < -0.4 is 16.0 Å². The maximum atomic E-state index is 11.7. The topological polar surface area (TPSA) is 90.5 Å². The van der Waals surface area contributed by atoms with Crippen LogP contribution in [-0.4, -0.2) is 56.0 Å². The first-order chi connectivity index (χ1) is 8.42. The van der Waals surface area contributed by atoms with Crippen LogP contribution in [0.15, 0.2) is 0 Å². The van der Waals surface area contributed by atoms with Crippen molar-refractivity contribution < 1.29 is 14.4 Å². The zero-order valence-corrected chi connectivity index (χ0v) is 11.4. The molecule has 18 heavy (non-hydrogen) atoms. The molecule has 1 unspecified atom stereocenters. The molecule has 7 nitrogen and oxygen atoms in total. The third kappa shape index (κ3) is 6.19. The van der Waals surface area contributed by atoms with Gasteiger partial charge in [0.05, 0.1) is 6.04 Å². The molecule has 7 heteroatoms. The number of hydrogen-bond donors (Lipinski definition) is 3. The van der Waals surface area contributed by atoms with Gasteiger partial charge < -0.3 is 10.6 Å². The SMILES string of the molecule is CCNC(=O)NC(=O)C(C)N(C)CCC(=O)NC. The van der Waals surface area contributed by atoms with Crippen LogP contribution in [0.1, 0.15) is 20.3 Å². The normalized spacial score (nSPS) is 11.8. The van der Waals surface area contributed by atoms with E-state index in [1.807, 2.05) is 0 Å². The molecule has 0 rings (SSSR count). The number of imide groups is 1. The second-order valence-corrected chi connectivity index (χ2v) is 3.93. The van der Waals surface area contributed by atoms with Crippen molar-refractivity contribution in [2.75, 3.05) is 27.2 Å². The number of nitrogens with zero attached hydrogens (tertiary/aromatic N) is 1. The van der Waals surface area contributed by atoms with E-state index >= 15 is 0 Å². The Balaban J connectivity index is 4.11. The highest BCUT2D eigenvalue weighted by molar-refractivity contribution is 5.96. The average Bonchev–Trinajstić information content (AvgIpc) is 2.34. The lowest BCUT2D eigenvalue weighted by Gasteiger charge is -2.23. The number of hydrogen-bond acceptors (Lipinski definition) is 4. The summed E-state index contributed by atoms with van der Waals surface area (Å²) in [6.45, 7) is 4.35. The van der Waals surface area contributed by atoms with E-state index in [-0.39, 0.29) is 11.8 Å². The highest BCUT2D eigenvalue weighted by atomic mass is 16.2. The molecule has 0 aromatic rings. The molecule has 0 aromatic heterocycles. The van der Waals surface area contributed by atoms with Crippen LogP contribution >= 0.6 is 0 Å². The smallest absolute Gasteiger partial charge is 0.321 e. The van der Waals surface area contributed by atoms with E-state index in [4.69, 9.17) is 0 Å². The maximum Gasteiger partial charge on any atom is 0.321 e. The fourth-order valence-corrected chi connectivity index (χ4v) is 1.22. The van der Waals surface area contributed by atoms with Gasteiger partial charge in [0, 0.05) is 26.6 Å². The zero-order valence-electron chi connectivity index (χ0n) is 11.4.